The molecule has 8 heteroatoms. The summed E-state index contributed by atoms with van der Waals surface area (Å²) in [6.45, 7) is 2.45. The molecule has 0 unspecified atom stereocenters. The van der Waals surface area contributed by atoms with Crippen molar-refractivity contribution >= 4 is 38.8 Å². The Balaban J connectivity index is 1.82. The van der Waals surface area contributed by atoms with Crippen LogP contribution in [0.15, 0.2) is 35.4 Å². The average Bonchev–Trinajstić information content (AvgIpc) is 3.20. The highest BCUT2D eigenvalue weighted by Crippen LogP contribution is 2.36. The van der Waals surface area contributed by atoms with Gasteiger partial charge in [-0.15, -0.1) is 11.3 Å². The lowest BCUT2D eigenvalue weighted by molar-refractivity contribution is -0.645. The molecule has 1 aromatic carbocycles. The number of rotatable bonds is 2. The van der Waals surface area contributed by atoms with Crippen molar-refractivity contribution in [2.75, 3.05) is 13.6 Å². The molecule has 0 fully saturated rings. The SMILES string of the molecule is CN1CCc2c(sc3c2c2n(nc[n+]2C)c(=O)n3Cc2ccc(Cl)cc2)C1. The van der Waals surface area contributed by atoms with Crippen LogP contribution in [-0.4, -0.2) is 32.7 Å². The standard InChI is InChI=1S/C19H19ClN5OS/c1-22-8-7-14-15(10-22)27-18-16(14)17-23(2)11-21-25(17)19(26)24(18)9-12-3-5-13(20)6-4-12/h3-6,11H,7-10H2,1-2H3/q+1. The van der Waals surface area contributed by atoms with E-state index < -0.39 is 0 Å². The van der Waals surface area contributed by atoms with E-state index in [4.69, 9.17) is 11.6 Å². The summed E-state index contributed by atoms with van der Waals surface area (Å²) in [5.74, 6) is 0. The highest BCUT2D eigenvalue weighted by molar-refractivity contribution is 7.19. The summed E-state index contributed by atoms with van der Waals surface area (Å²) in [6, 6.07) is 7.66. The number of hydrogen-bond donors (Lipinski definition) is 0. The highest BCUT2D eigenvalue weighted by Gasteiger charge is 2.28. The van der Waals surface area contributed by atoms with Gasteiger partial charge in [0.2, 0.25) is 0 Å². The third-order valence-corrected chi connectivity index (χ3v) is 6.73. The molecule has 27 heavy (non-hydrogen) atoms. The Bertz CT molecular complexity index is 1240. The maximum absolute atomic E-state index is 13.2. The van der Waals surface area contributed by atoms with Gasteiger partial charge >= 0.3 is 5.69 Å². The van der Waals surface area contributed by atoms with Crippen LogP contribution in [0.5, 0.6) is 0 Å². The molecule has 0 aliphatic carbocycles. The molecule has 0 saturated carbocycles. The summed E-state index contributed by atoms with van der Waals surface area (Å²) in [5.41, 5.74) is 3.17. The Labute approximate surface area is 164 Å². The van der Waals surface area contributed by atoms with E-state index >= 15 is 0 Å². The van der Waals surface area contributed by atoms with Gasteiger partial charge in [0, 0.05) is 28.1 Å². The Kier molecular flexibility index (Phi) is 3.86. The fourth-order valence-corrected chi connectivity index (χ4v) is 5.40. The maximum atomic E-state index is 13.2. The summed E-state index contributed by atoms with van der Waals surface area (Å²) < 4.78 is 5.33. The third kappa shape index (κ3) is 2.61. The molecule has 0 N–H and O–H groups in total. The van der Waals surface area contributed by atoms with E-state index in [0.29, 0.717) is 11.6 Å². The van der Waals surface area contributed by atoms with E-state index in [1.807, 2.05) is 40.4 Å². The van der Waals surface area contributed by atoms with Crippen molar-refractivity contribution in [3.63, 3.8) is 0 Å². The van der Waals surface area contributed by atoms with Crippen LogP contribution in [0.4, 0.5) is 0 Å². The van der Waals surface area contributed by atoms with E-state index in [-0.39, 0.29) is 5.69 Å². The van der Waals surface area contributed by atoms with Crippen molar-refractivity contribution in [3.05, 3.63) is 62.1 Å². The van der Waals surface area contributed by atoms with Gasteiger partial charge in [0.15, 0.2) is 0 Å². The average molecular weight is 401 g/mol. The van der Waals surface area contributed by atoms with Gasteiger partial charge in [-0.05, 0) is 41.2 Å². The van der Waals surface area contributed by atoms with E-state index in [2.05, 4.69) is 17.0 Å². The molecule has 0 radical (unpaired) electrons. The fraction of sp³-hybridized carbons (Fsp3) is 0.316. The summed E-state index contributed by atoms with van der Waals surface area (Å²) in [6.07, 6.45) is 2.70. The van der Waals surface area contributed by atoms with Crippen molar-refractivity contribution in [1.29, 1.82) is 0 Å². The lowest BCUT2D eigenvalue weighted by atomic mass is 10.1. The first-order chi connectivity index (χ1) is 13.0. The monoisotopic (exact) mass is 400 g/mol. The minimum Gasteiger partial charge on any atom is -0.301 e. The number of thiophene rings is 1. The number of halogens is 1. The van der Waals surface area contributed by atoms with Gasteiger partial charge in [-0.3, -0.25) is 4.57 Å². The first-order valence-corrected chi connectivity index (χ1v) is 10.1. The predicted molar refractivity (Wildman–Crippen MR) is 107 cm³/mol. The number of fused-ring (bicyclic) bond motifs is 5. The van der Waals surface area contributed by atoms with Crippen LogP contribution in [0, 0.1) is 0 Å². The number of benzene rings is 1. The molecule has 4 heterocycles. The molecule has 6 nitrogen and oxygen atoms in total. The molecule has 0 spiro atoms. The maximum Gasteiger partial charge on any atom is 0.424 e. The molecule has 0 atom stereocenters. The predicted octanol–water partition coefficient (Wildman–Crippen LogP) is 2.22. The molecule has 0 amide bonds. The molecule has 1 aliphatic rings. The van der Waals surface area contributed by atoms with Crippen molar-refractivity contribution in [3.8, 4) is 0 Å². The quantitative estimate of drug-likeness (QED) is 0.485. The number of likely N-dealkylation sites (N-methyl/N-ethyl adjacent to an activating group) is 1. The smallest absolute Gasteiger partial charge is 0.301 e. The summed E-state index contributed by atoms with van der Waals surface area (Å²) >= 11 is 7.75. The van der Waals surface area contributed by atoms with Gasteiger partial charge in [-0.25, -0.2) is 9.36 Å². The minimum absolute atomic E-state index is 0.111. The second kappa shape index (κ2) is 6.15. The number of aromatic nitrogens is 4. The Morgan fingerprint density at radius 1 is 1.30 bits per heavy atom. The molecular formula is C19H19ClN5OS+. The lowest BCUT2D eigenvalue weighted by Gasteiger charge is -2.21. The number of hydrogen-bond acceptors (Lipinski definition) is 4. The van der Waals surface area contributed by atoms with Crippen molar-refractivity contribution in [2.45, 2.75) is 19.5 Å². The van der Waals surface area contributed by atoms with Crippen LogP contribution >= 0.6 is 22.9 Å². The lowest BCUT2D eigenvalue weighted by Crippen LogP contribution is -2.33. The van der Waals surface area contributed by atoms with E-state index in [0.717, 1.165) is 40.9 Å². The van der Waals surface area contributed by atoms with Gasteiger partial charge in [-0.1, -0.05) is 23.7 Å². The molecule has 138 valence electrons. The Hall–Kier alpha value is -2.22. The van der Waals surface area contributed by atoms with Gasteiger partial charge in [-0.2, -0.15) is 0 Å². The molecule has 0 saturated heterocycles. The summed E-state index contributed by atoms with van der Waals surface area (Å²) in [5, 5.41) is 6.21. The second-order valence-electron chi connectivity index (χ2n) is 7.14. The summed E-state index contributed by atoms with van der Waals surface area (Å²) in [7, 11) is 4.09. The zero-order chi connectivity index (χ0) is 18.7. The van der Waals surface area contributed by atoms with E-state index in [1.54, 1.807) is 17.7 Å². The molecule has 0 bridgehead atoms. The third-order valence-electron chi connectivity index (χ3n) is 5.24. The molecule has 1 aliphatic heterocycles. The van der Waals surface area contributed by atoms with E-state index in [9.17, 15) is 4.79 Å². The number of aryl methyl sites for hydroxylation is 1. The van der Waals surface area contributed by atoms with Gasteiger partial charge < -0.3 is 4.90 Å². The van der Waals surface area contributed by atoms with Crippen molar-refractivity contribution < 1.29 is 4.57 Å². The van der Waals surface area contributed by atoms with Crippen molar-refractivity contribution in [2.24, 2.45) is 7.05 Å². The topological polar surface area (TPSA) is 46.4 Å². The first-order valence-electron chi connectivity index (χ1n) is 8.86. The van der Waals surface area contributed by atoms with Crippen LogP contribution in [0.3, 0.4) is 0 Å². The zero-order valence-corrected chi connectivity index (χ0v) is 16.7. The second-order valence-corrected chi connectivity index (χ2v) is 8.66. The van der Waals surface area contributed by atoms with Crippen LogP contribution in [0.25, 0.3) is 15.9 Å². The summed E-state index contributed by atoms with van der Waals surface area (Å²) in [4.78, 5) is 17.9. The van der Waals surface area contributed by atoms with Crippen LogP contribution in [0.1, 0.15) is 16.0 Å². The number of nitrogens with zero attached hydrogens (tertiary/aromatic N) is 5. The molecule has 5 rings (SSSR count). The fourth-order valence-electron chi connectivity index (χ4n) is 3.86. The van der Waals surface area contributed by atoms with Gasteiger partial charge in [0.1, 0.15) is 4.83 Å². The van der Waals surface area contributed by atoms with Crippen LogP contribution in [-0.2, 0) is 26.6 Å². The van der Waals surface area contributed by atoms with Gasteiger partial charge in [0.25, 0.3) is 12.0 Å². The first kappa shape index (κ1) is 16.9. The highest BCUT2D eigenvalue weighted by atomic mass is 35.5. The minimum atomic E-state index is -0.111. The molecule has 4 aromatic rings. The molecular weight excluding hydrogens is 382 g/mol. The normalized spacial score (nSPS) is 14.9. The largest absolute Gasteiger partial charge is 0.424 e. The zero-order valence-electron chi connectivity index (χ0n) is 15.1. The van der Waals surface area contributed by atoms with Crippen LogP contribution < -0.4 is 10.3 Å². The van der Waals surface area contributed by atoms with E-state index in [1.165, 1.54) is 15.0 Å². The Morgan fingerprint density at radius 2 is 2.07 bits per heavy atom. The van der Waals surface area contributed by atoms with Crippen molar-refractivity contribution in [1.82, 2.24) is 19.1 Å². The molecule has 3 aromatic heterocycles. The van der Waals surface area contributed by atoms with Gasteiger partial charge in [0.05, 0.1) is 19.0 Å². The van der Waals surface area contributed by atoms with Crippen LogP contribution in [0.2, 0.25) is 5.02 Å². The Morgan fingerprint density at radius 3 is 2.85 bits per heavy atom.